The van der Waals surface area contributed by atoms with E-state index in [1.54, 1.807) is 28.6 Å². The maximum atomic E-state index is 16.9. The number of benzene rings is 2. The van der Waals surface area contributed by atoms with Gasteiger partial charge >= 0.3 is 12.2 Å². The third-order valence-electron chi connectivity index (χ3n) is 14.6. The Morgan fingerprint density at radius 3 is 2.14 bits per heavy atom. The maximum absolute atomic E-state index is 16.9. The summed E-state index contributed by atoms with van der Waals surface area (Å²) in [5, 5.41) is 6.33. The number of alkyl carbamates (subject to hydrolysis) is 2. The lowest BCUT2D eigenvalue weighted by Gasteiger charge is -2.31. The van der Waals surface area contributed by atoms with Gasteiger partial charge in [-0.1, -0.05) is 33.8 Å². The van der Waals surface area contributed by atoms with Gasteiger partial charge in [0.2, 0.25) is 18.0 Å². The van der Waals surface area contributed by atoms with Crippen LogP contribution in [0.5, 0.6) is 5.75 Å². The number of amides is 4. The Hall–Kier alpha value is -6.69. The molecule has 6 aromatic rings. The van der Waals surface area contributed by atoms with Crippen LogP contribution in [0.25, 0.3) is 44.7 Å². The summed E-state index contributed by atoms with van der Waals surface area (Å²) in [5.74, 6) is 1.51. The number of fused-ring (bicyclic) bond motifs is 6. The number of nitrogens with zero attached hydrogens (tertiary/aromatic N) is 5. The first kappa shape index (κ1) is 44.8. The number of piperidine rings is 1. The Morgan fingerprint density at radius 2 is 1.46 bits per heavy atom. The normalized spacial score (nSPS) is 22.2. The van der Waals surface area contributed by atoms with Gasteiger partial charge < -0.3 is 44.6 Å². The molecule has 4 unspecified atom stereocenters. The molecule has 16 nitrogen and oxygen atoms in total. The SMILES string of the molecule is COC(=O)NC(C(=O)N1C2CC2C[C@H]1c1ncc(-c2ccc3c(c2)cc2n3C(c3ccc(C4CC4)s3)Oc3cc(-c4cnc([C@@H]5CCCN5C(=O)[C@@H](NC(=O)OC)C(C)C)[nH]4)cc(F)c3-2)[nH]1)C(C)C. The van der Waals surface area contributed by atoms with Crippen molar-refractivity contribution in [2.75, 3.05) is 20.8 Å². The number of H-pyrrole nitrogens is 2. The fourth-order valence-electron chi connectivity index (χ4n) is 10.7. The van der Waals surface area contributed by atoms with Crippen molar-refractivity contribution < 1.29 is 37.8 Å². The molecule has 2 saturated heterocycles. The van der Waals surface area contributed by atoms with E-state index in [0.717, 1.165) is 46.3 Å². The van der Waals surface area contributed by atoms with Crippen molar-refractivity contribution in [3.63, 3.8) is 0 Å². The molecule has 7 atom stereocenters. The van der Waals surface area contributed by atoms with Crippen molar-refractivity contribution in [1.29, 1.82) is 0 Å². The predicted octanol–water partition coefficient (Wildman–Crippen LogP) is 9.19. The van der Waals surface area contributed by atoms with E-state index < -0.39 is 36.3 Å². The second-order valence-electron chi connectivity index (χ2n) is 19.8. The highest BCUT2D eigenvalue weighted by Gasteiger charge is 2.56. The van der Waals surface area contributed by atoms with E-state index in [9.17, 15) is 19.2 Å². The first-order chi connectivity index (χ1) is 33.3. The zero-order valence-electron chi connectivity index (χ0n) is 39.4. The van der Waals surface area contributed by atoms with Crippen molar-refractivity contribution in [3.8, 4) is 39.5 Å². The number of thiophene rings is 1. The molecule has 2 aliphatic carbocycles. The number of imidazole rings is 2. The molecule has 69 heavy (non-hydrogen) atoms. The Bertz CT molecular complexity index is 3010. The molecule has 4 fully saturated rings. The van der Waals surface area contributed by atoms with Crippen LogP contribution in [0.4, 0.5) is 14.0 Å². The average molecular weight is 958 g/mol. The molecular formula is C51H56FN9O7S. The van der Waals surface area contributed by atoms with Gasteiger partial charge in [0, 0.05) is 34.0 Å². The highest BCUT2D eigenvalue weighted by molar-refractivity contribution is 7.12. The van der Waals surface area contributed by atoms with Gasteiger partial charge in [0.25, 0.3) is 0 Å². The first-order valence-electron chi connectivity index (χ1n) is 24.0. The molecule has 0 spiro atoms. The minimum atomic E-state index is -0.767. The van der Waals surface area contributed by atoms with Crippen LogP contribution >= 0.6 is 11.3 Å². The van der Waals surface area contributed by atoms with Crippen LogP contribution in [0.2, 0.25) is 0 Å². The summed E-state index contributed by atoms with van der Waals surface area (Å²) in [4.78, 5) is 74.7. The quantitative estimate of drug-likeness (QED) is 0.0927. The number of halogens is 1. The van der Waals surface area contributed by atoms with Crippen LogP contribution in [0.3, 0.4) is 0 Å². The van der Waals surface area contributed by atoms with E-state index in [0.29, 0.717) is 64.7 Å². The van der Waals surface area contributed by atoms with E-state index in [1.807, 2.05) is 56.9 Å². The number of methoxy groups -OCH3 is 2. The van der Waals surface area contributed by atoms with Crippen molar-refractivity contribution in [2.24, 2.45) is 17.8 Å². The Kier molecular flexibility index (Phi) is 11.3. The minimum Gasteiger partial charge on any atom is -0.464 e. The third kappa shape index (κ3) is 7.99. The lowest BCUT2D eigenvalue weighted by Crippen LogP contribution is -2.52. The minimum absolute atomic E-state index is 0.109. The largest absolute Gasteiger partial charge is 0.464 e. The van der Waals surface area contributed by atoms with Crippen LogP contribution < -0.4 is 15.4 Å². The number of hydrogen-bond donors (Lipinski definition) is 4. The number of ether oxygens (including phenoxy) is 3. The van der Waals surface area contributed by atoms with Crippen LogP contribution in [0.15, 0.2) is 60.9 Å². The topological polar surface area (TPSA) is 189 Å². The van der Waals surface area contributed by atoms with Crippen molar-refractivity contribution in [2.45, 2.75) is 109 Å². The molecule has 3 aliphatic heterocycles. The van der Waals surface area contributed by atoms with Crippen LogP contribution in [0, 0.1) is 23.6 Å². The van der Waals surface area contributed by atoms with Crippen LogP contribution in [0.1, 0.15) is 112 Å². The Labute approximate surface area is 402 Å². The van der Waals surface area contributed by atoms with Crippen molar-refractivity contribution in [3.05, 3.63) is 88.1 Å². The Balaban J connectivity index is 0.908. The first-order valence-corrected chi connectivity index (χ1v) is 24.8. The zero-order valence-corrected chi connectivity index (χ0v) is 40.2. The molecule has 7 heterocycles. The fourth-order valence-corrected chi connectivity index (χ4v) is 12.0. The standard InChI is InChI=1S/C51H56FN9O7S/c1-24(2)43(57-50(64)66-5)47(62)59-15-7-8-35(59)45-53-23-33(56-45)28-17-31(52)42-37-19-29-16-27(11-12-34(29)61(37)49(68-39(42)21-28)41-14-13-40(69-41)26-9-10-26)32-22-54-46(55-32)38-20-30-18-36(30)60(38)48(63)44(25(3)4)58-51(65)67-6/h11-14,16-17,19,21-26,30,35-36,38,43-44,49H,7-10,15,18,20H2,1-6H3,(H,53,56)(H,54,55)(H,57,64)(H,58,65)/t30?,35-,36?,38-,43-,44?,49?/m0/s1. The molecule has 0 radical (unpaired) electrons. The smallest absolute Gasteiger partial charge is 0.407 e. The summed E-state index contributed by atoms with van der Waals surface area (Å²) < 4.78 is 35.6. The lowest BCUT2D eigenvalue weighted by molar-refractivity contribution is -0.137. The third-order valence-corrected chi connectivity index (χ3v) is 15.9. The number of carbonyl (C=O) groups is 4. The van der Waals surface area contributed by atoms with E-state index in [1.165, 1.54) is 38.0 Å². The highest BCUT2D eigenvalue weighted by Crippen LogP contribution is 2.54. The monoisotopic (exact) mass is 957 g/mol. The molecule has 4 aromatic heterocycles. The highest BCUT2D eigenvalue weighted by atomic mass is 32.1. The number of aromatic amines is 2. The number of hydrogen-bond acceptors (Lipinski definition) is 10. The second-order valence-corrected chi connectivity index (χ2v) is 21.0. The Morgan fingerprint density at radius 1 is 0.797 bits per heavy atom. The molecular weight excluding hydrogens is 902 g/mol. The van der Waals surface area contributed by atoms with Gasteiger partial charge in [-0.3, -0.25) is 14.2 Å². The van der Waals surface area contributed by atoms with E-state index in [-0.39, 0.29) is 41.8 Å². The maximum Gasteiger partial charge on any atom is 0.407 e. The van der Waals surface area contributed by atoms with Crippen LogP contribution in [-0.4, -0.2) is 97.2 Å². The molecule has 2 saturated carbocycles. The molecule has 4 amide bonds. The number of aromatic nitrogens is 5. The molecule has 2 aromatic carbocycles. The summed E-state index contributed by atoms with van der Waals surface area (Å²) in [5.41, 5.74) is 4.74. The number of likely N-dealkylation sites (tertiary alicyclic amines) is 2. The van der Waals surface area contributed by atoms with Gasteiger partial charge in [-0.15, -0.1) is 11.3 Å². The molecule has 4 N–H and O–H groups in total. The van der Waals surface area contributed by atoms with Crippen molar-refractivity contribution >= 4 is 46.2 Å². The zero-order chi connectivity index (χ0) is 48.0. The van der Waals surface area contributed by atoms with Gasteiger partial charge in [-0.05, 0) is 105 Å². The second kappa shape index (κ2) is 17.4. The molecule has 360 valence electrons. The summed E-state index contributed by atoms with van der Waals surface area (Å²) >= 11 is 1.73. The number of nitrogens with one attached hydrogen (secondary N) is 4. The summed E-state index contributed by atoms with van der Waals surface area (Å²) in [6, 6.07) is 13.8. The van der Waals surface area contributed by atoms with Crippen LogP contribution in [-0.2, 0) is 19.1 Å². The summed E-state index contributed by atoms with van der Waals surface area (Å²) in [6.45, 7) is 8.08. The van der Waals surface area contributed by atoms with Gasteiger partial charge in [0.1, 0.15) is 35.3 Å². The van der Waals surface area contributed by atoms with Crippen molar-refractivity contribution in [1.82, 2.24) is 44.9 Å². The van der Waals surface area contributed by atoms with E-state index in [2.05, 4.69) is 43.4 Å². The van der Waals surface area contributed by atoms with Gasteiger partial charge in [-0.2, -0.15) is 0 Å². The average Bonchev–Trinajstić information content (AvgIpc) is 3.81. The molecule has 0 bridgehead atoms. The molecule has 5 aliphatic rings. The predicted molar refractivity (Wildman–Crippen MR) is 256 cm³/mol. The number of carbonyl (C=O) groups excluding carboxylic acids is 4. The summed E-state index contributed by atoms with van der Waals surface area (Å²) in [7, 11) is 2.56. The lowest BCUT2D eigenvalue weighted by atomic mass is 10.0. The molecule has 11 rings (SSSR count). The van der Waals surface area contributed by atoms with Gasteiger partial charge in [0.05, 0.1) is 71.7 Å². The van der Waals surface area contributed by atoms with E-state index >= 15 is 4.39 Å². The van der Waals surface area contributed by atoms with Gasteiger partial charge in [-0.25, -0.2) is 23.9 Å². The van der Waals surface area contributed by atoms with E-state index in [4.69, 9.17) is 24.2 Å². The summed E-state index contributed by atoms with van der Waals surface area (Å²) in [6.07, 6.45) is 7.10. The number of rotatable bonds is 12. The molecule has 18 heteroatoms. The van der Waals surface area contributed by atoms with Gasteiger partial charge in [0.15, 0.2) is 0 Å². The fraction of sp³-hybridized carbons (Fsp3) is 0.451.